The minimum Gasteiger partial charge on any atom is -0.490 e. The van der Waals surface area contributed by atoms with Crippen LogP contribution in [0, 0.1) is 10.1 Å². The van der Waals surface area contributed by atoms with Gasteiger partial charge in [0.15, 0.2) is 0 Å². The van der Waals surface area contributed by atoms with Gasteiger partial charge in [0.2, 0.25) is 0 Å². The second-order valence-corrected chi connectivity index (χ2v) is 4.05. The molecule has 2 aromatic carbocycles. The first kappa shape index (κ1) is 12.3. The van der Waals surface area contributed by atoms with Gasteiger partial charge in [0, 0.05) is 11.5 Å². The fraction of sp³-hybridized carbons (Fsp3) is 0.231. The summed E-state index contributed by atoms with van der Waals surface area (Å²) < 4.78 is 5.44. The van der Waals surface area contributed by atoms with Crippen LogP contribution in [0.3, 0.4) is 0 Å². The van der Waals surface area contributed by atoms with E-state index in [1.807, 2.05) is 0 Å². The van der Waals surface area contributed by atoms with Gasteiger partial charge in [-0.1, -0.05) is 18.2 Å². The monoisotopic (exact) mass is 247 g/mol. The Labute approximate surface area is 104 Å². The van der Waals surface area contributed by atoms with Crippen molar-refractivity contribution >= 4 is 16.5 Å². The molecule has 5 nitrogen and oxygen atoms in total. The Morgan fingerprint density at radius 1 is 1.28 bits per heavy atom. The lowest BCUT2D eigenvalue weighted by Gasteiger charge is -2.10. The van der Waals surface area contributed by atoms with Crippen LogP contribution in [0.4, 0.5) is 5.69 Å². The SMILES string of the molecule is CC(O)COc1ccc([N+](=O)[O-])c2ccccc12. The van der Waals surface area contributed by atoms with Gasteiger partial charge < -0.3 is 9.84 Å². The van der Waals surface area contributed by atoms with Crippen molar-refractivity contribution in [3.63, 3.8) is 0 Å². The zero-order valence-corrected chi connectivity index (χ0v) is 9.87. The standard InChI is InChI=1S/C13H13NO4/c1-9(15)8-18-13-7-6-12(14(16)17)10-4-2-3-5-11(10)13/h2-7,9,15H,8H2,1H3. The lowest BCUT2D eigenvalue weighted by Crippen LogP contribution is -2.12. The van der Waals surface area contributed by atoms with Gasteiger partial charge in [0.05, 0.1) is 16.4 Å². The molecule has 0 saturated carbocycles. The number of hydrogen-bond acceptors (Lipinski definition) is 4. The summed E-state index contributed by atoms with van der Waals surface area (Å²) in [6.45, 7) is 1.77. The fourth-order valence-electron chi connectivity index (χ4n) is 1.75. The van der Waals surface area contributed by atoms with Crippen LogP contribution >= 0.6 is 0 Å². The number of nitro groups is 1. The molecule has 18 heavy (non-hydrogen) atoms. The Morgan fingerprint density at radius 2 is 1.94 bits per heavy atom. The molecule has 94 valence electrons. The topological polar surface area (TPSA) is 72.6 Å². The molecule has 0 aliphatic carbocycles. The van der Waals surface area contributed by atoms with Crippen LogP contribution in [0.15, 0.2) is 36.4 Å². The van der Waals surface area contributed by atoms with E-state index in [2.05, 4.69) is 0 Å². The first-order chi connectivity index (χ1) is 8.59. The van der Waals surface area contributed by atoms with Gasteiger partial charge in [0.1, 0.15) is 12.4 Å². The van der Waals surface area contributed by atoms with Crippen LogP contribution in [0.1, 0.15) is 6.92 Å². The predicted octanol–water partition coefficient (Wildman–Crippen LogP) is 2.51. The average molecular weight is 247 g/mol. The number of aliphatic hydroxyl groups is 1. The molecule has 2 rings (SSSR count). The Bertz CT molecular complexity index is 580. The minimum atomic E-state index is -0.584. The van der Waals surface area contributed by atoms with Crippen LogP contribution in [0.5, 0.6) is 5.75 Å². The molecule has 1 unspecified atom stereocenters. The summed E-state index contributed by atoms with van der Waals surface area (Å²) in [6.07, 6.45) is -0.584. The Hall–Kier alpha value is -2.14. The van der Waals surface area contributed by atoms with E-state index in [1.165, 1.54) is 6.07 Å². The van der Waals surface area contributed by atoms with Crippen molar-refractivity contribution in [2.24, 2.45) is 0 Å². The first-order valence-corrected chi connectivity index (χ1v) is 5.56. The first-order valence-electron chi connectivity index (χ1n) is 5.56. The normalized spacial score (nSPS) is 12.3. The molecule has 0 heterocycles. The van der Waals surface area contributed by atoms with E-state index in [0.717, 1.165) is 0 Å². The van der Waals surface area contributed by atoms with Gasteiger partial charge >= 0.3 is 0 Å². The smallest absolute Gasteiger partial charge is 0.277 e. The number of non-ortho nitro benzene ring substituents is 1. The van der Waals surface area contributed by atoms with E-state index in [4.69, 9.17) is 4.74 Å². The fourth-order valence-corrected chi connectivity index (χ4v) is 1.75. The average Bonchev–Trinajstić information content (AvgIpc) is 2.35. The summed E-state index contributed by atoms with van der Waals surface area (Å²) >= 11 is 0. The van der Waals surface area contributed by atoms with Gasteiger partial charge in [-0.3, -0.25) is 10.1 Å². The second-order valence-electron chi connectivity index (χ2n) is 4.05. The number of nitro benzene ring substituents is 1. The maximum Gasteiger partial charge on any atom is 0.277 e. The molecule has 0 bridgehead atoms. The molecule has 0 aromatic heterocycles. The molecule has 0 spiro atoms. The highest BCUT2D eigenvalue weighted by atomic mass is 16.6. The lowest BCUT2D eigenvalue weighted by atomic mass is 10.1. The maximum absolute atomic E-state index is 10.9. The van der Waals surface area contributed by atoms with Gasteiger partial charge in [0.25, 0.3) is 5.69 Å². The molecule has 0 radical (unpaired) electrons. The molecule has 0 amide bonds. The van der Waals surface area contributed by atoms with E-state index >= 15 is 0 Å². The van der Waals surface area contributed by atoms with E-state index in [9.17, 15) is 15.2 Å². The number of ether oxygens (including phenoxy) is 1. The van der Waals surface area contributed by atoms with Crippen LogP contribution in [-0.4, -0.2) is 22.7 Å². The Kier molecular flexibility index (Phi) is 3.43. The van der Waals surface area contributed by atoms with Gasteiger partial charge in [-0.15, -0.1) is 0 Å². The highest BCUT2D eigenvalue weighted by molar-refractivity contribution is 5.95. The van der Waals surface area contributed by atoms with Crippen LogP contribution in [-0.2, 0) is 0 Å². The van der Waals surface area contributed by atoms with Crippen LogP contribution in [0.2, 0.25) is 0 Å². The van der Waals surface area contributed by atoms with E-state index in [0.29, 0.717) is 16.5 Å². The van der Waals surface area contributed by atoms with Crippen LogP contribution in [0.25, 0.3) is 10.8 Å². The molecule has 0 aliphatic heterocycles. The zero-order valence-electron chi connectivity index (χ0n) is 9.87. The summed E-state index contributed by atoms with van der Waals surface area (Å²) in [7, 11) is 0. The van der Waals surface area contributed by atoms with Gasteiger partial charge in [-0.2, -0.15) is 0 Å². The third-order valence-corrected chi connectivity index (χ3v) is 2.54. The summed E-state index contributed by atoms with van der Waals surface area (Å²) in [4.78, 5) is 10.5. The number of hydrogen-bond donors (Lipinski definition) is 1. The quantitative estimate of drug-likeness (QED) is 0.665. The molecule has 1 atom stereocenters. The molecule has 2 aromatic rings. The molecule has 0 aliphatic rings. The highest BCUT2D eigenvalue weighted by Crippen LogP contribution is 2.32. The Morgan fingerprint density at radius 3 is 2.56 bits per heavy atom. The van der Waals surface area contributed by atoms with Crippen molar-refractivity contribution in [2.75, 3.05) is 6.61 Å². The van der Waals surface area contributed by atoms with Gasteiger partial charge in [-0.05, 0) is 19.1 Å². The molecule has 0 saturated heterocycles. The summed E-state index contributed by atoms with van der Waals surface area (Å²) in [5.74, 6) is 0.539. The largest absolute Gasteiger partial charge is 0.490 e. The molecule has 5 heteroatoms. The third-order valence-electron chi connectivity index (χ3n) is 2.54. The van der Waals surface area contributed by atoms with E-state index in [-0.39, 0.29) is 12.3 Å². The van der Waals surface area contributed by atoms with Crippen molar-refractivity contribution in [1.82, 2.24) is 0 Å². The van der Waals surface area contributed by atoms with Crippen molar-refractivity contribution in [1.29, 1.82) is 0 Å². The van der Waals surface area contributed by atoms with Crippen molar-refractivity contribution < 1.29 is 14.8 Å². The van der Waals surface area contributed by atoms with Crippen molar-refractivity contribution in [2.45, 2.75) is 13.0 Å². The molecular weight excluding hydrogens is 234 g/mol. The minimum absolute atomic E-state index is 0.0509. The number of benzene rings is 2. The zero-order chi connectivity index (χ0) is 13.1. The summed E-state index contributed by atoms with van der Waals surface area (Å²) in [6, 6.07) is 9.96. The summed E-state index contributed by atoms with van der Waals surface area (Å²) in [5, 5.41) is 21.3. The van der Waals surface area contributed by atoms with Crippen molar-refractivity contribution in [3.05, 3.63) is 46.5 Å². The number of nitrogens with zero attached hydrogens (tertiary/aromatic N) is 1. The summed E-state index contributed by atoms with van der Waals surface area (Å²) in [5.41, 5.74) is 0.0509. The molecule has 0 fully saturated rings. The number of fused-ring (bicyclic) bond motifs is 1. The van der Waals surface area contributed by atoms with E-state index in [1.54, 1.807) is 37.3 Å². The predicted molar refractivity (Wildman–Crippen MR) is 67.8 cm³/mol. The second kappa shape index (κ2) is 5.01. The third kappa shape index (κ3) is 2.41. The Balaban J connectivity index is 2.50. The molecule has 1 N–H and O–H groups in total. The number of aliphatic hydroxyl groups excluding tert-OH is 1. The molecular formula is C13H13NO4. The maximum atomic E-state index is 10.9. The van der Waals surface area contributed by atoms with Crippen molar-refractivity contribution in [3.8, 4) is 5.75 Å². The highest BCUT2D eigenvalue weighted by Gasteiger charge is 2.14. The van der Waals surface area contributed by atoms with Gasteiger partial charge in [-0.25, -0.2) is 0 Å². The lowest BCUT2D eigenvalue weighted by molar-refractivity contribution is -0.383. The van der Waals surface area contributed by atoms with E-state index < -0.39 is 11.0 Å². The van der Waals surface area contributed by atoms with Crippen LogP contribution < -0.4 is 4.74 Å². The number of rotatable bonds is 4.